The minimum atomic E-state index is -0.475. The van der Waals surface area contributed by atoms with E-state index >= 15 is 0 Å². The fourth-order valence-corrected chi connectivity index (χ4v) is 3.20. The van der Waals surface area contributed by atoms with Crippen molar-refractivity contribution in [2.45, 2.75) is 80.4 Å². The zero-order valence-electron chi connectivity index (χ0n) is 30.3. The van der Waals surface area contributed by atoms with Crippen LogP contribution >= 0.6 is 0 Å². The number of rotatable bonds is 15. The van der Waals surface area contributed by atoms with E-state index in [9.17, 15) is 14.4 Å². The summed E-state index contributed by atoms with van der Waals surface area (Å²) in [5.41, 5.74) is 11.3. The quantitative estimate of drug-likeness (QED) is 0.0533. The van der Waals surface area contributed by atoms with Gasteiger partial charge in [-0.25, -0.2) is 0 Å². The van der Waals surface area contributed by atoms with Crippen LogP contribution < -0.4 is 32.4 Å². The van der Waals surface area contributed by atoms with Gasteiger partial charge in [-0.15, -0.1) is 0 Å². The van der Waals surface area contributed by atoms with Gasteiger partial charge in [0.25, 0.3) is 0 Å². The first-order chi connectivity index (χ1) is 22.0. The number of nitrogens with two attached hydrogens (primary N) is 2. The third-order valence-electron chi connectivity index (χ3n) is 5.28. The molecular weight excluding hydrogens is 671 g/mol. The maximum atomic E-state index is 11.5. The molecule has 265 valence electrons. The number of aldehydes is 1. The maximum absolute atomic E-state index is 11.5. The third kappa shape index (κ3) is 36.2. The molecule has 1 unspecified atom stereocenters. The first-order valence-electron chi connectivity index (χ1n) is 16.0. The van der Waals surface area contributed by atoms with Gasteiger partial charge in [0.2, 0.25) is 18.2 Å². The molecule has 0 saturated carbocycles. The molecule has 0 aliphatic heterocycles. The van der Waals surface area contributed by atoms with E-state index in [0.29, 0.717) is 19.1 Å². The summed E-state index contributed by atoms with van der Waals surface area (Å²) in [4.78, 5) is 38.5. The number of nitrogens with one attached hydrogen (secondary N) is 4. The van der Waals surface area contributed by atoms with Crippen LogP contribution in [0.5, 0.6) is 0 Å². The molecule has 2 aromatic carbocycles. The van der Waals surface area contributed by atoms with Crippen LogP contribution in [0.25, 0.3) is 5.48 Å². The Morgan fingerprint density at radius 3 is 1.87 bits per heavy atom. The topological polar surface area (TPSA) is 174 Å². The van der Waals surface area contributed by atoms with E-state index in [-0.39, 0.29) is 57.0 Å². The molecule has 47 heavy (non-hydrogen) atoms. The Kier molecular flexibility index (Phi) is 41.4. The molecule has 2 rings (SSSR count). The standard InChI is InChI=1S/C14H19N2O3.C13H20N2O.C4H11N.C3H8.CH4N2.Y/c1-11(2)13(9-17)16-14(18)8-15-19-10-12-6-4-3-5-7-12;1-10(2)8-11-4-6-12(7-5-11)15-13(16)9-14-3;1-3-4-5-2;1-3-2;2-1-3;/h3-7,9,11,13H,8,10H2,1-2H3,(H,16,18);4-7,10,14H,8-9H2,1-3H3,(H,15,16);5H,3-4H2,1-2H3;3H2,1-2H3;1H,(H3,2,3);/q-1;;;;;/p+1. The molecule has 0 spiro atoms. The second-order valence-electron chi connectivity index (χ2n) is 10.9. The fraction of sp³-hybridized carbons (Fsp3) is 0.543. The van der Waals surface area contributed by atoms with Gasteiger partial charge in [0, 0.05) is 38.4 Å². The minimum Gasteiger partial charge on any atom is -0.526 e. The normalized spacial score (nSPS) is 10.0. The van der Waals surface area contributed by atoms with Crippen molar-refractivity contribution >= 4 is 30.1 Å². The number of hydrogen-bond donors (Lipinski definition) is 6. The molecule has 8 N–H and O–H groups in total. The monoisotopic (exact) mass is 734 g/mol. The van der Waals surface area contributed by atoms with Crippen LogP contribution in [0.3, 0.4) is 0 Å². The number of hydroxylamine groups is 1. The summed E-state index contributed by atoms with van der Waals surface area (Å²) in [6.45, 7) is 16.2. The number of amides is 2. The zero-order valence-corrected chi connectivity index (χ0v) is 33.2. The molecule has 0 heterocycles. The second-order valence-corrected chi connectivity index (χ2v) is 10.9. The summed E-state index contributed by atoms with van der Waals surface area (Å²) in [5, 5.41) is 15.7. The summed E-state index contributed by atoms with van der Waals surface area (Å²) in [7, 11) is 3.72. The zero-order chi connectivity index (χ0) is 35.6. The van der Waals surface area contributed by atoms with Crippen LogP contribution in [0.1, 0.15) is 72.4 Å². The van der Waals surface area contributed by atoms with Gasteiger partial charge in [-0.1, -0.05) is 97.4 Å². The predicted octanol–water partition coefficient (Wildman–Crippen LogP) is 3.64. The van der Waals surface area contributed by atoms with Gasteiger partial charge in [0.15, 0.2) is 0 Å². The minimum absolute atomic E-state index is 0. The van der Waals surface area contributed by atoms with E-state index in [1.54, 1.807) is 7.05 Å². The van der Waals surface area contributed by atoms with E-state index in [4.69, 9.17) is 4.84 Å². The molecule has 1 atom stereocenters. The van der Waals surface area contributed by atoms with E-state index < -0.39 is 6.04 Å². The molecule has 0 saturated heterocycles. The molecule has 12 heteroatoms. The summed E-state index contributed by atoms with van der Waals surface area (Å²) in [6, 6.07) is 17.1. The van der Waals surface area contributed by atoms with Crippen LogP contribution in [-0.4, -0.2) is 64.2 Å². The van der Waals surface area contributed by atoms with Crippen molar-refractivity contribution in [3.05, 3.63) is 71.2 Å². The molecule has 0 aliphatic carbocycles. The number of carbonyl (C=O) groups is 3. The van der Waals surface area contributed by atoms with Crippen LogP contribution in [0.15, 0.2) is 54.6 Å². The molecule has 0 fully saturated rings. The van der Waals surface area contributed by atoms with E-state index in [0.717, 1.165) is 36.8 Å². The van der Waals surface area contributed by atoms with E-state index in [2.05, 4.69) is 84.6 Å². The van der Waals surface area contributed by atoms with Gasteiger partial charge in [0.05, 0.1) is 19.2 Å². The van der Waals surface area contributed by atoms with Crippen LogP contribution in [-0.2, 0) is 65.0 Å². The largest absolute Gasteiger partial charge is 0.526 e. The van der Waals surface area contributed by atoms with Gasteiger partial charge in [-0.05, 0) is 75.1 Å². The van der Waals surface area contributed by atoms with Gasteiger partial charge in [0.1, 0.15) is 6.29 Å². The van der Waals surface area contributed by atoms with Gasteiger partial charge in [-0.2, -0.15) is 0 Å². The number of carbonyl (C=O) groups excluding carboxylic acids is 3. The van der Waals surface area contributed by atoms with Crippen molar-refractivity contribution in [3.63, 3.8) is 0 Å². The molecule has 0 bridgehead atoms. The van der Waals surface area contributed by atoms with Crippen molar-refractivity contribution in [2.75, 3.05) is 39.0 Å². The molecule has 1 radical (unpaired) electrons. The molecule has 0 aromatic heterocycles. The number of likely N-dealkylation sites (N-methyl/N-ethyl adjacent to an activating group) is 1. The van der Waals surface area contributed by atoms with Gasteiger partial charge >= 0.3 is 0 Å². The van der Waals surface area contributed by atoms with Crippen LogP contribution in [0.2, 0.25) is 0 Å². The third-order valence-corrected chi connectivity index (χ3v) is 5.28. The summed E-state index contributed by atoms with van der Waals surface area (Å²) < 4.78 is 0. The average Bonchev–Trinajstić information content (AvgIpc) is 3.01. The number of benzene rings is 2. The Morgan fingerprint density at radius 2 is 1.47 bits per heavy atom. The van der Waals surface area contributed by atoms with Crippen molar-refractivity contribution < 1.29 is 57.3 Å². The number of hydrogen-bond acceptors (Lipinski definition) is 6. The van der Waals surface area contributed by atoms with Crippen molar-refractivity contribution in [1.29, 1.82) is 0 Å². The smallest absolute Gasteiger partial charge is 0.238 e. The van der Waals surface area contributed by atoms with Crippen LogP contribution in [0, 0.1) is 11.8 Å². The van der Waals surface area contributed by atoms with Crippen molar-refractivity contribution in [1.82, 2.24) is 16.0 Å². The van der Waals surface area contributed by atoms with Crippen molar-refractivity contribution in [2.24, 2.45) is 17.6 Å². The Bertz CT molecular complexity index is 993. The Balaban J connectivity index is -0.000000297. The first kappa shape index (κ1) is 51.3. The summed E-state index contributed by atoms with van der Waals surface area (Å²) >= 11 is 0. The fourth-order valence-electron chi connectivity index (χ4n) is 3.20. The van der Waals surface area contributed by atoms with E-state index in [1.165, 1.54) is 18.4 Å². The van der Waals surface area contributed by atoms with Crippen molar-refractivity contribution in [3.8, 4) is 0 Å². The maximum Gasteiger partial charge on any atom is 0.238 e. The first-order valence-corrected chi connectivity index (χ1v) is 16.0. The Labute approximate surface area is 310 Å². The molecule has 11 nitrogen and oxygen atoms in total. The second kappa shape index (κ2) is 37.9. The molecule has 2 aromatic rings. The molecule has 2 amide bonds. The van der Waals surface area contributed by atoms with Gasteiger partial charge < -0.3 is 36.4 Å². The average molecular weight is 735 g/mol. The van der Waals surface area contributed by atoms with E-state index in [1.807, 2.05) is 63.4 Å². The SMILES string of the molecule is CC(C)C(C=O)NC(=O)C[N-]OCc1ccccc1.CCC.CCCNC.CNCC(=O)Nc1ccc(CC(C)C)cc1.NC=[NH2+].[Y]. The summed E-state index contributed by atoms with van der Waals surface area (Å²) in [6.07, 6.45) is 5.29. The molecule has 0 aliphatic rings. The Hall–Kier alpha value is -2.54. The summed E-state index contributed by atoms with van der Waals surface area (Å²) in [5.74, 6) is 0.384. The predicted molar refractivity (Wildman–Crippen MR) is 192 cm³/mol. The van der Waals surface area contributed by atoms with Crippen LogP contribution in [0.4, 0.5) is 5.69 Å². The number of anilines is 1. The van der Waals surface area contributed by atoms with Gasteiger partial charge in [-0.3, -0.25) is 20.7 Å². The molecular formula is C35H63N7O4Y. The Morgan fingerprint density at radius 1 is 0.915 bits per heavy atom. The number of nitrogens with zero attached hydrogens (tertiary/aromatic N) is 1.